The number of amides is 1. The zero-order valence-electron chi connectivity index (χ0n) is 17.4. The van der Waals surface area contributed by atoms with Crippen LogP contribution in [0, 0.1) is 0 Å². The van der Waals surface area contributed by atoms with Crippen molar-refractivity contribution in [3.8, 4) is 5.75 Å². The van der Waals surface area contributed by atoms with E-state index in [0.29, 0.717) is 5.02 Å². The van der Waals surface area contributed by atoms with Crippen molar-refractivity contribution in [3.05, 3.63) is 88.9 Å². The van der Waals surface area contributed by atoms with Gasteiger partial charge in [0, 0.05) is 11.6 Å². The Kier molecular flexibility index (Phi) is 6.46. The molecule has 1 aliphatic heterocycles. The fourth-order valence-corrected chi connectivity index (χ4v) is 5.06. The third-order valence-corrected chi connectivity index (χ3v) is 7.20. The highest BCUT2D eigenvalue weighted by Crippen LogP contribution is 2.37. The lowest BCUT2D eigenvalue weighted by Crippen LogP contribution is -2.50. The fourth-order valence-electron chi connectivity index (χ4n) is 3.46. The number of anilines is 1. The molecule has 3 aromatic rings. The largest absolute Gasteiger partial charge is 0.476 e. The second-order valence-electron chi connectivity index (χ2n) is 7.48. The fraction of sp³-hybridized carbons (Fsp3) is 0.174. The molecule has 4 rings (SSSR count). The van der Waals surface area contributed by atoms with Crippen molar-refractivity contribution in [3.63, 3.8) is 0 Å². The number of fused-ring (bicyclic) bond motifs is 1. The van der Waals surface area contributed by atoms with Crippen LogP contribution < -0.4 is 14.4 Å². The second-order valence-corrected chi connectivity index (χ2v) is 9.78. The molecule has 3 aromatic carbocycles. The minimum absolute atomic E-state index is 0.0169. The van der Waals surface area contributed by atoms with Crippen LogP contribution in [0.15, 0.2) is 77.7 Å². The number of hydrogen-bond acceptors (Lipinski definition) is 4. The lowest BCUT2D eigenvalue weighted by molar-refractivity contribution is -0.137. The summed E-state index contributed by atoms with van der Waals surface area (Å²) in [5, 5.41) is 2.90. The number of carbonyl (C=O) groups excluding carboxylic acids is 1. The average molecular weight is 511 g/mol. The zero-order valence-corrected chi connectivity index (χ0v) is 19.0. The molecular weight excluding hydrogens is 493 g/mol. The van der Waals surface area contributed by atoms with Crippen molar-refractivity contribution < 1.29 is 31.1 Å². The Morgan fingerprint density at radius 1 is 1.06 bits per heavy atom. The number of nitrogens with one attached hydrogen (secondary N) is 1. The summed E-state index contributed by atoms with van der Waals surface area (Å²) in [6.07, 6.45) is -5.73. The van der Waals surface area contributed by atoms with Gasteiger partial charge >= 0.3 is 6.18 Å². The number of sulfonamides is 1. The van der Waals surface area contributed by atoms with Crippen LogP contribution in [0.2, 0.25) is 5.02 Å². The minimum Gasteiger partial charge on any atom is -0.476 e. The van der Waals surface area contributed by atoms with E-state index in [4.69, 9.17) is 16.3 Å². The standard InChI is InChI=1S/C23H18ClF3N2O4S/c24-17-8-10-18(11-9-17)34(31,32)29-14-21(33-20-7-2-1-6-19(20)29)22(30)28-13-15-4-3-5-16(12-15)23(25,26)27/h1-12,21H,13-14H2,(H,28,30)/t21-/m0/s1. The molecule has 0 saturated carbocycles. The van der Waals surface area contributed by atoms with E-state index in [9.17, 15) is 26.4 Å². The van der Waals surface area contributed by atoms with Gasteiger partial charge in [0.25, 0.3) is 15.9 Å². The molecule has 0 radical (unpaired) electrons. The number of carbonyl (C=O) groups is 1. The summed E-state index contributed by atoms with van der Waals surface area (Å²) in [4.78, 5) is 12.8. The Morgan fingerprint density at radius 3 is 2.47 bits per heavy atom. The molecule has 11 heteroatoms. The van der Waals surface area contributed by atoms with E-state index in [1.807, 2.05) is 0 Å². The molecule has 0 fully saturated rings. The molecule has 1 atom stereocenters. The van der Waals surface area contributed by atoms with Crippen molar-refractivity contribution in [2.45, 2.75) is 23.7 Å². The number of alkyl halides is 3. The Morgan fingerprint density at radius 2 is 1.76 bits per heavy atom. The van der Waals surface area contributed by atoms with E-state index in [1.54, 1.807) is 18.2 Å². The van der Waals surface area contributed by atoms with Crippen LogP contribution in [0.1, 0.15) is 11.1 Å². The van der Waals surface area contributed by atoms with Gasteiger partial charge in [-0.05, 0) is 54.1 Å². The van der Waals surface area contributed by atoms with E-state index in [1.165, 1.54) is 42.5 Å². The molecule has 0 bridgehead atoms. The Hall–Kier alpha value is -3.24. The summed E-state index contributed by atoms with van der Waals surface area (Å²) in [5.41, 5.74) is -0.327. The van der Waals surface area contributed by atoms with Crippen LogP contribution in [0.4, 0.5) is 18.9 Å². The maximum Gasteiger partial charge on any atom is 0.416 e. The number of rotatable bonds is 5. The third kappa shape index (κ3) is 4.97. The van der Waals surface area contributed by atoms with Gasteiger partial charge in [0.1, 0.15) is 5.75 Å². The van der Waals surface area contributed by atoms with Crippen LogP contribution >= 0.6 is 11.6 Å². The number of ether oxygens (including phenoxy) is 1. The van der Waals surface area contributed by atoms with Crippen molar-refractivity contribution in [1.29, 1.82) is 0 Å². The van der Waals surface area contributed by atoms with Gasteiger partial charge in [0.2, 0.25) is 0 Å². The molecular formula is C23H18ClF3N2O4S. The monoisotopic (exact) mass is 510 g/mol. The van der Waals surface area contributed by atoms with Crippen molar-refractivity contribution in [1.82, 2.24) is 5.32 Å². The number of benzene rings is 3. The molecule has 0 aliphatic carbocycles. The average Bonchev–Trinajstić information content (AvgIpc) is 2.81. The van der Waals surface area contributed by atoms with Gasteiger partial charge in [-0.15, -0.1) is 0 Å². The highest BCUT2D eigenvalue weighted by molar-refractivity contribution is 7.92. The maximum absolute atomic E-state index is 13.3. The van der Waals surface area contributed by atoms with Gasteiger partial charge in [0.05, 0.1) is 22.7 Å². The van der Waals surface area contributed by atoms with Gasteiger partial charge in [-0.3, -0.25) is 9.10 Å². The molecule has 1 amide bonds. The van der Waals surface area contributed by atoms with Gasteiger partial charge in [-0.25, -0.2) is 8.42 Å². The highest BCUT2D eigenvalue weighted by Gasteiger charge is 2.37. The smallest absolute Gasteiger partial charge is 0.416 e. The summed E-state index contributed by atoms with van der Waals surface area (Å²) in [7, 11) is -4.06. The SMILES string of the molecule is O=C(NCc1cccc(C(F)(F)F)c1)[C@@H]1CN(S(=O)(=O)c2ccc(Cl)cc2)c2ccccc2O1. The third-order valence-electron chi connectivity index (χ3n) is 5.15. The van der Waals surface area contributed by atoms with Crippen molar-refractivity contribution in [2.75, 3.05) is 10.8 Å². The Balaban J connectivity index is 1.56. The molecule has 0 unspecified atom stereocenters. The molecule has 6 nitrogen and oxygen atoms in total. The van der Waals surface area contributed by atoms with E-state index >= 15 is 0 Å². The van der Waals surface area contributed by atoms with Crippen LogP contribution in [-0.2, 0) is 27.5 Å². The molecule has 1 N–H and O–H groups in total. The molecule has 34 heavy (non-hydrogen) atoms. The molecule has 1 heterocycles. The van der Waals surface area contributed by atoms with Gasteiger partial charge in [-0.2, -0.15) is 13.2 Å². The van der Waals surface area contributed by atoms with E-state index in [2.05, 4.69) is 5.32 Å². The summed E-state index contributed by atoms with van der Waals surface area (Å²) in [6.45, 7) is -0.509. The van der Waals surface area contributed by atoms with Crippen LogP contribution in [0.5, 0.6) is 5.75 Å². The minimum atomic E-state index is -4.51. The second kappa shape index (κ2) is 9.19. The van der Waals surface area contributed by atoms with Gasteiger partial charge < -0.3 is 10.1 Å². The maximum atomic E-state index is 13.3. The summed E-state index contributed by atoms with van der Waals surface area (Å²) in [5.74, 6) is -0.478. The number of nitrogens with zero attached hydrogens (tertiary/aromatic N) is 1. The van der Waals surface area contributed by atoms with Crippen LogP contribution in [0.25, 0.3) is 0 Å². The highest BCUT2D eigenvalue weighted by atomic mass is 35.5. The molecule has 0 spiro atoms. The van der Waals surface area contributed by atoms with E-state index in [-0.39, 0.29) is 35.0 Å². The normalized spacial score (nSPS) is 15.9. The zero-order chi connectivity index (χ0) is 24.5. The van der Waals surface area contributed by atoms with E-state index in [0.717, 1.165) is 16.4 Å². The summed E-state index contributed by atoms with van der Waals surface area (Å²) >= 11 is 5.87. The van der Waals surface area contributed by atoms with Crippen LogP contribution in [-0.4, -0.2) is 27.0 Å². The van der Waals surface area contributed by atoms with Crippen molar-refractivity contribution >= 4 is 33.2 Å². The molecule has 1 aliphatic rings. The first-order valence-corrected chi connectivity index (χ1v) is 11.9. The summed E-state index contributed by atoms with van der Waals surface area (Å²) < 4.78 is 72.3. The first-order valence-electron chi connectivity index (χ1n) is 10.0. The summed E-state index contributed by atoms with van der Waals surface area (Å²) in [6, 6.07) is 16.5. The lowest BCUT2D eigenvalue weighted by Gasteiger charge is -2.34. The Labute approximate surface area is 199 Å². The van der Waals surface area contributed by atoms with Crippen molar-refractivity contribution in [2.24, 2.45) is 0 Å². The van der Waals surface area contributed by atoms with Gasteiger partial charge in [-0.1, -0.05) is 35.9 Å². The first-order chi connectivity index (χ1) is 16.1. The number of halogens is 4. The van der Waals surface area contributed by atoms with E-state index < -0.39 is 33.8 Å². The predicted molar refractivity (Wildman–Crippen MR) is 120 cm³/mol. The number of para-hydroxylation sites is 2. The first kappa shape index (κ1) is 23.9. The van der Waals surface area contributed by atoms with Gasteiger partial charge in [0.15, 0.2) is 6.10 Å². The molecule has 178 valence electrons. The topological polar surface area (TPSA) is 75.7 Å². The lowest BCUT2D eigenvalue weighted by atomic mass is 10.1. The predicted octanol–water partition coefficient (Wildman–Crippen LogP) is 4.63. The molecule has 0 saturated heterocycles. The van der Waals surface area contributed by atoms with Crippen LogP contribution in [0.3, 0.4) is 0 Å². The number of hydrogen-bond donors (Lipinski definition) is 1. The molecule has 0 aromatic heterocycles. The Bertz CT molecular complexity index is 1310. The quantitative estimate of drug-likeness (QED) is 0.543.